The molecule has 0 aliphatic rings. The highest BCUT2D eigenvalue weighted by molar-refractivity contribution is 7.92. The van der Waals surface area contributed by atoms with Crippen LogP contribution in [-0.2, 0) is 32.6 Å². The van der Waals surface area contributed by atoms with Crippen LogP contribution in [0.15, 0.2) is 72.8 Å². The topological polar surface area (TPSA) is 96.0 Å². The molecule has 3 aromatic rings. The molecule has 3 rings (SSSR count). The van der Waals surface area contributed by atoms with E-state index in [1.807, 2.05) is 56.3 Å². The van der Waals surface area contributed by atoms with Crippen LogP contribution in [0.2, 0.25) is 10.0 Å². The normalized spacial score (nSPS) is 12.1. The summed E-state index contributed by atoms with van der Waals surface area (Å²) in [5.41, 5.74) is 2.10. The predicted octanol–water partition coefficient (Wildman–Crippen LogP) is 5.96. The van der Waals surface area contributed by atoms with Crippen molar-refractivity contribution in [3.63, 3.8) is 0 Å². The Kier molecular flexibility index (Phi) is 12.7. The van der Waals surface area contributed by atoms with Crippen molar-refractivity contribution in [2.45, 2.75) is 45.7 Å². The third-order valence-corrected chi connectivity index (χ3v) is 8.54. The number of amides is 2. The number of methoxy groups -OCH3 is 1. The van der Waals surface area contributed by atoms with Crippen molar-refractivity contribution in [1.82, 2.24) is 10.2 Å². The van der Waals surface area contributed by atoms with Crippen LogP contribution in [-0.4, -0.2) is 57.6 Å². The van der Waals surface area contributed by atoms with Gasteiger partial charge >= 0.3 is 0 Å². The lowest BCUT2D eigenvalue weighted by molar-refractivity contribution is -0.141. The van der Waals surface area contributed by atoms with Gasteiger partial charge in [-0.25, -0.2) is 8.42 Å². The number of hydrogen-bond donors (Lipinski definition) is 1. The second-order valence-electron chi connectivity index (χ2n) is 10.8. The Bertz CT molecular complexity index is 1470. The van der Waals surface area contributed by atoms with E-state index in [0.717, 1.165) is 17.4 Å². The molecule has 0 aliphatic heterocycles. The maximum Gasteiger partial charge on any atom is 0.243 e. The molecular weight excluding hydrogens is 609 g/mol. The lowest BCUT2D eigenvalue weighted by atomic mass is 10.0. The number of rotatable bonds is 15. The Morgan fingerprint density at radius 1 is 0.953 bits per heavy atom. The Hall–Kier alpha value is -3.27. The second-order valence-corrected chi connectivity index (χ2v) is 13.5. The number of anilines is 1. The molecule has 11 heteroatoms. The summed E-state index contributed by atoms with van der Waals surface area (Å²) in [5.74, 6) is 0.143. The van der Waals surface area contributed by atoms with Gasteiger partial charge in [0.05, 0.1) is 24.1 Å². The summed E-state index contributed by atoms with van der Waals surface area (Å²) < 4.78 is 31.8. The minimum Gasteiger partial charge on any atom is -0.495 e. The standard InChI is InChI=1S/C32H39Cl2N3O5S/c1-23(2)21-35-32(39)29(19-24-9-6-5-7-10-24)36(22-25-12-14-26(33)15-13-25)31(38)11-8-18-37(43(4,40)41)27-16-17-30(42-3)28(34)20-27/h5-7,9-10,12-17,20,23,29H,8,11,18-19,21-22H2,1-4H3,(H,35,39)/t29-/m1/s1. The van der Waals surface area contributed by atoms with Crippen LogP contribution < -0.4 is 14.4 Å². The summed E-state index contributed by atoms with van der Waals surface area (Å²) in [7, 11) is -2.20. The fourth-order valence-corrected chi connectivity index (χ4v) is 5.91. The fourth-order valence-electron chi connectivity index (χ4n) is 4.58. The van der Waals surface area contributed by atoms with Crippen molar-refractivity contribution in [2.24, 2.45) is 5.92 Å². The first-order chi connectivity index (χ1) is 20.4. The van der Waals surface area contributed by atoms with E-state index >= 15 is 0 Å². The number of nitrogens with zero attached hydrogens (tertiary/aromatic N) is 2. The van der Waals surface area contributed by atoms with Crippen molar-refractivity contribution < 1.29 is 22.7 Å². The van der Waals surface area contributed by atoms with Crippen LogP contribution >= 0.6 is 23.2 Å². The van der Waals surface area contributed by atoms with E-state index in [9.17, 15) is 18.0 Å². The Morgan fingerprint density at radius 3 is 2.21 bits per heavy atom. The molecule has 1 N–H and O–H groups in total. The van der Waals surface area contributed by atoms with E-state index in [-0.39, 0.29) is 48.7 Å². The molecule has 0 saturated heterocycles. The van der Waals surface area contributed by atoms with E-state index in [1.165, 1.54) is 17.5 Å². The lowest BCUT2D eigenvalue weighted by Gasteiger charge is -2.32. The molecule has 43 heavy (non-hydrogen) atoms. The summed E-state index contributed by atoms with van der Waals surface area (Å²) in [6, 6.07) is 20.6. The quantitative estimate of drug-likeness (QED) is 0.220. The first-order valence-corrected chi connectivity index (χ1v) is 16.7. The Balaban J connectivity index is 1.88. The number of benzene rings is 3. The van der Waals surface area contributed by atoms with Crippen molar-refractivity contribution in [2.75, 3.05) is 30.8 Å². The molecule has 0 fully saturated rings. The van der Waals surface area contributed by atoms with Gasteiger partial charge in [0.1, 0.15) is 11.8 Å². The van der Waals surface area contributed by atoms with Gasteiger partial charge in [0.2, 0.25) is 21.8 Å². The van der Waals surface area contributed by atoms with Crippen LogP contribution in [0.5, 0.6) is 5.75 Å². The van der Waals surface area contributed by atoms with Crippen molar-refractivity contribution in [1.29, 1.82) is 0 Å². The van der Waals surface area contributed by atoms with Gasteiger partial charge in [0.15, 0.2) is 0 Å². The lowest BCUT2D eigenvalue weighted by Crippen LogP contribution is -2.51. The highest BCUT2D eigenvalue weighted by atomic mass is 35.5. The minimum absolute atomic E-state index is 0.0201. The molecule has 3 aromatic carbocycles. The zero-order valence-corrected chi connectivity index (χ0v) is 27.3. The Labute approximate surface area is 265 Å². The van der Waals surface area contributed by atoms with Crippen LogP contribution in [0.4, 0.5) is 5.69 Å². The highest BCUT2D eigenvalue weighted by Gasteiger charge is 2.30. The molecule has 8 nitrogen and oxygen atoms in total. The molecule has 0 bridgehead atoms. The van der Waals surface area contributed by atoms with E-state index in [0.29, 0.717) is 29.4 Å². The smallest absolute Gasteiger partial charge is 0.243 e. The molecule has 1 atom stereocenters. The van der Waals surface area contributed by atoms with Gasteiger partial charge in [-0.05, 0) is 53.8 Å². The zero-order valence-electron chi connectivity index (χ0n) is 24.9. The maximum atomic E-state index is 13.9. The van der Waals surface area contributed by atoms with Crippen molar-refractivity contribution in [3.05, 3.63) is 94.0 Å². The van der Waals surface area contributed by atoms with Crippen LogP contribution in [0.3, 0.4) is 0 Å². The predicted molar refractivity (Wildman–Crippen MR) is 173 cm³/mol. The summed E-state index contributed by atoms with van der Waals surface area (Å²) >= 11 is 12.4. The average Bonchev–Trinajstić information content (AvgIpc) is 2.96. The third-order valence-electron chi connectivity index (χ3n) is 6.80. The second kappa shape index (κ2) is 16.0. The number of ether oxygens (including phenoxy) is 1. The summed E-state index contributed by atoms with van der Waals surface area (Å²) in [6.07, 6.45) is 1.67. The molecule has 0 radical (unpaired) electrons. The number of halogens is 2. The number of carbonyl (C=O) groups excluding carboxylic acids is 2. The van der Waals surface area contributed by atoms with Crippen LogP contribution in [0.1, 0.15) is 37.8 Å². The monoisotopic (exact) mass is 647 g/mol. The van der Waals surface area contributed by atoms with E-state index in [4.69, 9.17) is 27.9 Å². The summed E-state index contributed by atoms with van der Waals surface area (Å²) in [6.45, 7) is 4.72. The Morgan fingerprint density at radius 2 is 1.63 bits per heavy atom. The summed E-state index contributed by atoms with van der Waals surface area (Å²) in [5, 5.41) is 3.84. The number of sulfonamides is 1. The minimum atomic E-state index is -3.68. The number of hydrogen-bond acceptors (Lipinski definition) is 5. The molecule has 0 heterocycles. The summed E-state index contributed by atoms with van der Waals surface area (Å²) in [4.78, 5) is 29.1. The van der Waals surface area contributed by atoms with Gasteiger partial charge in [0, 0.05) is 37.5 Å². The van der Waals surface area contributed by atoms with Gasteiger partial charge in [-0.2, -0.15) is 0 Å². The van der Waals surface area contributed by atoms with Gasteiger partial charge in [0.25, 0.3) is 0 Å². The van der Waals surface area contributed by atoms with Crippen LogP contribution in [0, 0.1) is 5.92 Å². The largest absolute Gasteiger partial charge is 0.495 e. The number of carbonyl (C=O) groups is 2. The SMILES string of the molecule is COc1ccc(N(CCCC(=O)N(Cc2ccc(Cl)cc2)[C@H](Cc2ccccc2)C(=O)NCC(C)C)S(C)(=O)=O)cc1Cl. The average molecular weight is 649 g/mol. The molecule has 0 aliphatic carbocycles. The molecule has 0 unspecified atom stereocenters. The van der Waals surface area contributed by atoms with Gasteiger partial charge in [-0.15, -0.1) is 0 Å². The van der Waals surface area contributed by atoms with Crippen molar-refractivity contribution in [3.8, 4) is 5.75 Å². The molecule has 0 saturated carbocycles. The van der Waals surface area contributed by atoms with Crippen LogP contribution in [0.25, 0.3) is 0 Å². The molecule has 232 valence electrons. The van der Waals surface area contributed by atoms with Gasteiger partial charge in [-0.3, -0.25) is 13.9 Å². The molecule has 2 amide bonds. The zero-order chi connectivity index (χ0) is 31.6. The van der Waals surface area contributed by atoms with Crippen molar-refractivity contribution >= 4 is 50.7 Å². The molecule has 0 aromatic heterocycles. The molecular formula is C32H39Cl2N3O5S. The van der Waals surface area contributed by atoms with Gasteiger partial charge in [-0.1, -0.05) is 79.5 Å². The van der Waals surface area contributed by atoms with E-state index in [2.05, 4.69) is 5.32 Å². The first kappa shape index (κ1) is 34.2. The van der Waals surface area contributed by atoms with Gasteiger partial charge < -0.3 is 15.0 Å². The number of nitrogens with one attached hydrogen (secondary N) is 1. The van der Waals surface area contributed by atoms with E-state index < -0.39 is 16.1 Å². The van der Waals surface area contributed by atoms with E-state index in [1.54, 1.807) is 29.2 Å². The highest BCUT2D eigenvalue weighted by Crippen LogP contribution is 2.30. The fraction of sp³-hybridized carbons (Fsp3) is 0.375. The third kappa shape index (κ3) is 10.4. The first-order valence-electron chi connectivity index (χ1n) is 14.1. The maximum absolute atomic E-state index is 13.9. The molecule has 0 spiro atoms.